The van der Waals surface area contributed by atoms with E-state index >= 15 is 0 Å². The van der Waals surface area contributed by atoms with Gasteiger partial charge in [0.05, 0.1) is 30.2 Å². The van der Waals surface area contributed by atoms with E-state index in [0.717, 1.165) is 17.8 Å². The molecule has 202 valence electrons. The van der Waals surface area contributed by atoms with Gasteiger partial charge >= 0.3 is 6.03 Å². The molecule has 2 aromatic heterocycles. The summed E-state index contributed by atoms with van der Waals surface area (Å²) in [4.78, 5) is 27.7. The van der Waals surface area contributed by atoms with Gasteiger partial charge in [-0.15, -0.1) is 0 Å². The van der Waals surface area contributed by atoms with Crippen molar-refractivity contribution in [3.8, 4) is 11.4 Å². The van der Waals surface area contributed by atoms with Crippen molar-refractivity contribution in [2.75, 3.05) is 36.5 Å². The highest BCUT2D eigenvalue weighted by atomic mass is 32.2. The Bertz CT molecular complexity index is 1420. The van der Waals surface area contributed by atoms with E-state index in [0.29, 0.717) is 43.5 Å². The fourth-order valence-electron chi connectivity index (χ4n) is 5.04. The van der Waals surface area contributed by atoms with Gasteiger partial charge in [0.2, 0.25) is 9.84 Å². The SMILES string of the molecule is CCNC(=O)Nc1ccc(-c2nc(C3C(C)C3S(=O)(=O)c3ncoc3C)cc(N3CCOC[C@@H]3C)n2)cc1. The predicted molar refractivity (Wildman–Crippen MR) is 142 cm³/mol. The van der Waals surface area contributed by atoms with Gasteiger partial charge in [-0.3, -0.25) is 0 Å². The third kappa shape index (κ3) is 4.97. The number of sulfone groups is 1. The number of carbonyl (C=O) groups is 1. The molecular weight excluding hydrogens is 508 g/mol. The Morgan fingerprint density at radius 3 is 2.61 bits per heavy atom. The van der Waals surface area contributed by atoms with E-state index < -0.39 is 15.1 Å². The van der Waals surface area contributed by atoms with Crippen LogP contribution in [0.5, 0.6) is 0 Å². The molecule has 2 amide bonds. The number of ether oxygens (including phenoxy) is 1. The number of benzene rings is 1. The highest BCUT2D eigenvalue weighted by Crippen LogP contribution is 2.53. The van der Waals surface area contributed by atoms with Crippen molar-refractivity contribution >= 4 is 27.4 Å². The zero-order chi connectivity index (χ0) is 27.0. The first-order valence-electron chi connectivity index (χ1n) is 12.7. The molecule has 2 N–H and O–H groups in total. The second kappa shape index (κ2) is 10.3. The number of aromatic nitrogens is 3. The number of anilines is 2. The lowest BCUT2D eigenvalue weighted by Crippen LogP contribution is -2.44. The van der Waals surface area contributed by atoms with Crippen molar-refractivity contribution in [2.24, 2.45) is 5.92 Å². The summed E-state index contributed by atoms with van der Waals surface area (Å²) in [5, 5.41) is 4.83. The number of aryl methyl sites for hydroxylation is 1. The lowest BCUT2D eigenvalue weighted by atomic mass is 10.1. The summed E-state index contributed by atoms with van der Waals surface area (Å²) in [6.07, 6.45) is 1.16. The van der Waals surface area contributed by atoms with E-state index in [1.54, 1.807) is 19.1 Å². The molecule has 1 aliphatic heterocycles. The van der Waals surface area contributed by atoms with Gasteiger partial charge in [-0.25, -0.2) is 28.2 Å². The lowest BCUT2D eigenvalue weighted by molar-refractivity contribution is 0.0985. The minimum Gasteiger partial charge on any atom is -0.447 e. The molecule has 4 atom stereocenters. The smallest absolute Gasteiger partial charge is 0.319 e. The van der Waals surface area contributed by atoms with Crippen molar-refractivity contribution in [2.45, 2.75) is 49.9 Å². The average molecular weight is 541 g/mol. The van der Waals surface area contributed by atoms with Crippen LogP contribution in [0.15, 0.2) is 46.2 Å². The Balaban J connectivity index is 1.50. The molecule has 11 nitrogen and oxygen atoms in total. The minimum absolute atomic E-state index is 0.0108. The number of rotatable bonds is 7. The number of urea groups is 1. The standard InChI is InChI=1S/C26H32N6O5S/c1-5-27-26(33)29-19-8-6-18(7-9-19)24-30-20(12-21(31-24)32-10-11-36-13-15(32)2)22-16(3)23(22)38(34,35)25-17(4)37-14-28-25/h6-9,12,14-16,22-23H,5,10-11,13H2,1-4H3,(H2,27,29,33)/t15-,16?,22?,23?/m0/s1. The molecule has 38 heavy (non-hydrogen) atoms. The minimum atomic E-state index is -3.69. The maximum atomic E-state index is 13.4. The summed E-state index contributed by atoms with van der Waals surface area (Å²) in [6, 6.07) is 9.00. The number of hydrogen-bond acceptors (Lipinski definition) is 9. The summed E-state index contributed by atoms with van der Waals surface area (Å²) in [7, 11) is -3.69. The highest BCUT2D eigenvalue weighted by Gasteiger charge is 2.58. The van der Waals surface area contributed by atoms with Crippen molar-refractivity contribution in [1.29, 1.82) is 0 Å². The molecule has 3 unspecified atom stereocenters. The molecule has 5 rings (SSSR count). The van der Waals surface area contributed by atoms with E-state index in [4.69, 9.17) is 19.1 Å². The van der Waals surface area contributed by atoms with Crippen LogP contribution < -0.4 is 15.5 Å². The van der Waals surface area contributed by atoms with Crippen molar-refractivity contribution in [1.82, 2.24) is 20.3 Å². The molecule has 1 saturated carbocycles. The number of morpholine rings is 1. The summed E-state index contributed by atoms with van der Waals surface area (Å²) in [5.41, 5.74) is 2.08. The maximum Gasteiger partial charge on any atom is 0.319 e. The van der Waals surface area contributed by atoms with Crippen molar-refractivity contribution in [3.05, 3.63) is 48.2 Å². The molecule has 0 bridgehead atoms. The second-order valence-corrected chi connectivity index (χ2v) is 11.8. The van der Waals surface area contributed by atoms with Gasteiger partial charge in [0.1, 0.15) is 11.6 Å². The summed E-state index contributed by atoms with van der Waals surface area (Å²) in [6.45, 7) is 9.81. The Morgan fingerprint density at radius 2 is 1.95 bits per heavy atom. The Morgan fingerprint density at radius 1 is 1.18 bits per heavy atom. The van der Waals surface area contributed by atoms with E-state index in [9.17, 15) is 13.2 Å². The molecule has 0 spiro atoms. The predicted octanol–water partition coefficient (Wildman–Crippen LogP) is 3.38. The molecule has 2 fully saturated rings. The molecule has 2 aliphatic rings. The van der Waals surface area contributed by atoms with Gasteiger partial charge in [0.15, 0.2) is 17.2 Å². The van der Waals surface area contributed by atoms with Crippen LogP contribution in [0.1, 0.15) is 38.1 Å². The molecule has 1 saturated heterocycles. The highest BCUT2D eigenvalue weighted by molar-refractivity contribution is 7.92. The van der Waals surface area contributed by atoms with E-state index in [1.807, 2.05) is 32.0 Å². The Kier molecular flexibility index (Phi) is 7.10. The van der Waals surface area contributed by atoms with Crippen LogP contribution in [0, 0.1) is 12.8 Å². The molecular formula is C26H32N6O5S. The van der Waals surface area contributed by atoms with Crippen LogP contribution in [0.25, 0.3) is 11.4 Å². The molecule has 12 heteroatoms. The second-order valence-electron chi connectivity index (χ2n) is 9.76. The monoisotopic (exact) mass is 540 g/mol. The number of hydrogen-bond donors (Lipinski definition) is 2. The third-order valence-corrected chi connectivity index (χ3v) is 9.47. The van der Waals surface area contributed by atoms with Gasteiger partial charge in [-0.1, -0.05) is 6.92 Å². The fourth-order valence-corrected chi connectivity index (χ4v) is 7.36. The Hall–Kier alpha value is -3.51. The molecule has 3 heterocycles. The zero-order valence-electron chi connectivity index (χ0n) is 21.8. The topological polar surface area (TPSA) is 140 Å². The largest absolute Gasteiger partial charge is 0.447 e. The van der Waals surface area contributed by atoms with Crippen LogP contribution >= 0.6 is 0 Å². The van der Waals surface area contributed by atoms with Crippen LogP contribution in [-0.4, -0.2) is 67.0 Å². The summed E-state index contributed by atoms with van der Waals surface area (Å²) in [5.74, 6) is 1.08. The van der Waals surface area contributed by atoms with Crippen LogP contribution in [-0.2, 0) is 14.6 Å². The van der Waals surface area contributed by atoms with Crippen LogP contribution in [0.3, 0.4) is 0 Å². The van der Waals surface area contributed by atoms with Gasteiger partial charge in [0, 0.05) is 36.3 Å². The van der Waals surface area contributed by atoms with E-state index in [2.05, 4.69) is 27.4 Å². The molecule has 1 aromatic carbocycles. The maximum absolute atomic E-state index is 13.4. The first kappa shape index (κ1) is 26.1. The van der Waals surface area contributed by atoms with Crippen LogP contribution in [0.4, 0.5) is 16.3 Å². The number of nitrogens with one attached hydrogen (secondary N) is 2. The fraction of sp³-hybridized carbons (Fsp3) is 0.462. The number of carbonyl (C=O) groups excluding carboxylic acids is 1. The van der Waals surface area contributed by atoms with Gasteiger partial charge in [-0.2, -0.15) is 0 Å². The number of amides is 2. The van der Waals surface area contributed by atoms with E-state index in [1.165, 1.54) is 0 Å². The van der Waals surface area contributed by atoms with Crippen molar-refractivity contribution in [3.63, 3.8) is 0 Å². The third-order valence-electron chi connectivity index (χ3n) is 7.10. The normalized spacial score (nSPS) is 23.2. The van der Waals surface area contributed by atoms with Gasteiger partial charge in [0.25, 0.3) is 0 Å². The number of nitrogens with zero attached hydrogens (tertiary/aromatic N) is 4. The molecule has 3 aromatic rings. The van der Waals surface area contributed by atoms with E-state index in [-0.39, 0.29) is 34.7 Å². The quantitative estimate of drug-likeness (QED) is 0.461. The molecule has 1 aliphatic carbocycles. The van der Waals surface area contributed by atoms with Crippen molar-refractivity contribution < 1.29 is 22.4 Å². The first-order chi connectivity index (χ1) is 18.2. The summed E-state index contributed by atoms with van der Waals surface area (Å²) >= 11 is 0. The lowest BCUT2D eigenvalue weighted by Gasteiger charge is -2.34. The Labute approximate surface area is 221 Å². The van der Waals surface area contributed by atoms with Gasteiger partial charge < -0.3 is 24.7 Å². The zero-order valence-corrected chi connectivity index (χ0v) is 22.7. The average Bonchev–Trinajstić information content (AvgIpc) is 3.39. The number of oxazole rings is 1. The van der Waals surface area contributed by atoms with Crippen LogP contribution in [0.2, 0.25) is 0 Å². The molecule has 0 radical (unpaired) electrons. The van der Waals surface area contributed by atoms with Gasteiger partial charge in [-0.05, 0) is 51.0 Å². The summed E-state index contributed by atoms with van der Waals surface area (Å²) < 4.78 is 37.6. The first-order valence-corrected chi connectivity index (χ1v) is 14.3.